The van der Waals surface area contributed by atoms with Gasteiger partial charge in [-0.1, -0.05) is 13.3 Å². The monoisotopic (exact) mass is 375 g/mol. The third-order valence-corrected chi connectivity index (χ3v) is 5.31. The number of carbonyl (C=O) groups is 2. The van der Waals surface area contributed by atoms with Gasteiger partial charge in [0.05, 0.1) is 9.85 Å². The van der Waals surface area contributed by atoms with Gasteiger partial charge in [-0.3, -0.25) is 4.79 Å². The molecule has 0 aliphatic carbocycles. The van der Waals surface area contributed by atoms with Crippen LogP contribution in [0.3, 0.4) is 0 Å². The molecule has 1 saturated heterocycles. The number of hydrogen-bond donors (Lipinski definition) is 1. The largest absolute Gasteiger partial charge is 0.480 e. The average molecular weight is 376 g/mol. The van der Waals surface area contributed by atoms with Crippen LogP contribution >= 0.6 is 27.7 Å². The fraction of sp³-hybridized carbons (Fsp3) is 0.429. The third kappa shape index (κ3) is 3.40. The molecule has 1 aliphatic heterocycles. The van der Waals surface area contributed by atoms with Crippen LogP contribution in [-0.2, 0) is 4.79 Å². The number of benzene rings is 1. The summed E-state index contributed by atoms with van der Waals surface area (Å²) in [5.41, 5.74) is 0.172. The minimum atomic E-state index is -1.02. The van der Waals surface area contributed by atoms with E-state index in [0.717, 1.165) is 18.9 Å². The Balaban J connectivity index is 2.31. The summed E-state index contributed by atoms with van der Waals surface area (Å²) in [5, 5.41) is 9.10. The molecule has 1 aromatic carbocycles. The first kappa shape index (κ1) is 16.3. The molecule has 0 saturated carbocycles. The Morgan fingerprint density at radius 3 is 2.81 bits per heavy atom. The Bertz CT molecular complexity index is 569. The number of nitrogens with zero attached hydrogens (tertiary/aromatic N) is 1. The van der Waals surface area contributed by atoms with Gasteiger partial charge in [-0.05, 0) is 40.5 Å². The van der Waals surface area contributed by atoms with Crippen LogP contribution < -0.4 is 0 Å². The Hall–Kier alpha value is -1.08. The SMILES string of the molecule is CCCC1SCC(C(=O)O)N1C(=O)c1ccc(Br)c(F)c1. The summed E-state index contributed by atoms with van der Waals surface area (Å²) in [7, 11) is 0. The van der Waals surface area contributed by atoms with E-state index in [9.17, 15) is 19.1 Å². The molecular formula is C14H15BrFNO3S. The van der Waals surface area contributed by atoms with Crippen molar-refractivity contribution in [3.05, 3.63) is 34.1 Å². The van der Waals surface area contributed by atoms with Crippen molar-refractivity contribution >= 4 is 39.6 Å². The topological polar surface area (TPSA) is 57.6 Å². The van der Waals surface area contributed by atoms with Gasteiger partial charge < -0.3 is 10.0 Å². The van der Waals surface area contributed by atoms with Crippen LogP contribution in [0, 0.1) is 5.82 Å². The quantitative estimate of drug-likeness (QED) is 0.876. The summed E-state index contributed by atoms with van der Waals surface area (Å²) in [5.74, 6) is -1.62. The van der Waals surface area contributed by atoms with E-state index < -0.39 is 23.7 Å². The Morgan fingerprint density at radius 1 is 1.52 bits per heavy atom. The first-order chi connectivity index (χ1) is 9.95. The number of aliphatic carboxylic acids is 1. The lowest BCUT2D eigenvalue weighted by molar-refractivity contribution is -0.141. The van der Waals surface area contributed by atoms with Gasteiger partial charge in [-0.2, -0.15) is 0 Å². The lowest BCUT2D eigenvalue weighted by Gasteiger charge is -2.27. The molecule has 7 heteroatoms. The van der Waals surface area contributed by atoms with Crippen molar-refractivity contribution in [3.63, 3.8) is 0 Å². The molecule has 2 rings (SSSR count). The maximum Gasteiger partial charge on any atom is 0.327 e. The smallest absolute Gasteiger partial charge is 0.327 e. The highest BCUT2D eigenvalue weighted by Gasteiger charge is 2.41. The predicted molar refractivity (Wildman–Crippen MR) is 82.8 cm³/mol. The van der Waals surface area contributed by atoms with Crippen molar-refractivity contribution in [1.82, 2.24) is 4.90 Å². The van der Waals surface area contributed by atoms with Crippen molar-refractivity contribution in [2.45, 2.75) is 31.2 Å². The molecular weight excluding hydrogens is 361 g/mol. The van der Waals surface area contributed by atoms with Crippen LogP contribution in [0.4, 0.5) is 4.39 Å². The minimum Gasteiger partial charge on any atom is -0.480 e. The van der Waals surface area contributed by atoms with E-state index >= 15 is 0 Å². The number of carboxylic acids is 1. The van der Waals surface area contributed by atoms with Crippen LogP contribution in [0.1, 0.15) is 30.1 Å². The van der Waals surface area contributed by atoms with Crippen LogP contribution in [0.15, 0.2) is 22.7 Å². The number of rotatable bonds is 4. The molecule has 2 unspecified atom stereocenters. The van der Waals surface area contributed by atoms with E-state index in [0.29, 0.717) is 5.75 Å². The number of carbonyl (C=O) groups excluding carboxylic acids is 1. The van der Waals surface area contributed by atoms with Crippen molar-refractivity contribution in [2.75, 3.05) is 5.75 Å². The maximum absolute atomic E-state index is 13.6. The highest BCUT2D eigenvalue weighted by atomic mass is 79.9. The van der Waals surface area contributed by atoms with Gasteiger partial charge >= 0.3 is 5.97 Å². The van der Waals surface area contributed by atoms with Gasteiger partial charge in [0.25, 0.3) is 5.91 Å². The molecule has 21 heavy (non-hydrogen) atoms. The number of carboxylic acid groups (broad SMARTS) is 1. The Labute approximate surface area is 134 Å². The molecule has 1 amide bonds. The molecule has 0 spiro atoms. The van der Waals surface area contributed by atoms with E-state index in [1.807, 2.05) is 6.92 Å². The molecule has 1 fully saturated rings. The molecule has 1 aromatic rings. The summed E-state index contributed by atoms with van der Waals surface area (Å²) >= 11 is 4.50. The minimum absolute atomic E-state index is 0.171. The Morgan fingerprint density at radius 2 is 2.24 bits per heavy atom. The van der Waals surface area contributed by atoms with Crippen molar-refractivity contribution in [2.24, 2.45) is 0 Å². The second kappa shape index (κ2) is 6.79. The second-order valence-corrected chi connectivity index (χ2v) is 6.84. The zero-order valence-electron chi connectivity index (χ0n) is 11.4. The lowest BCUT2D eigenvalue weighted by atomic mass is 10.1. The van der Waals surface area contributed by atoms with Crippen LogP contribution in [0.5, 0.6) is 0 Å². The molecule has 0 radical (unpaired) electrons. The average Bonchev–Trinajstić information content (AvgIpc) is 2.85. The van der Waals surface area contributed by atoms with Crippen molar-refractivity contribution in [3.8, 4) is 0 Å². The first-order valence-corrected chi connectivity index (χ1v) is 8.42. The summed E-state index contributed by atoms with van der Waals surface area (Å²) in [6.07, 6.45) is 1.57. The zero-order chi connectivity index (χ0) is 15.6. The molecule has 2 atom stereocenters. The van der Waals surface area contributed by atoms with E-state index in [4.69, 9.17) is 0 Å². The number of thioether (sulfide) groups is 1. The number of halogens is 2. The van der Waals surface area contributed by atoms with Gasteiger partial charge in [0.1, 0.15) is 11.9 Å². The van der Waals surface area contributed by atoms with Gasteiger partial charge in [0.15, 0.2) is 0 Å². The molecule has 1 heterocycles. The van der Waals surface area contributed by atoms with Gasteiger partial charge in [0, 0.05) is 11.3 Å². The molecule has 114 valence electrons. The van der Waals surface area contributed by atoms with Gasteiger partial charge in [-0.15, -0.1) is 11.8 Å². The van der Waals surface area contributed by atoms with E-state index in [2.05, 4.69) is 15.9 Å². The lowest BCUT2D eigenvalue weighted by Crippen LogP contribution is -2.45. The first-order valence-electron chi connectivity index (χ1n) is 6.57. The number of hydrogen-bond acceptors (Lipinski definition) is 3. The predicted octanol–water partition coefficient (Wildman–Crippen LogP) is 3.36. The van der Waals surface area contributed by atoms with Gasteiger partial charge in [0.2, 0.25) is 0 Å². The van der Waals surface area contributed by atoms with Crippen molar-refractivity contribution < 1.29 is 19.1 Å². The Kier molecular flexibility index (Phi) is 5.27. The van der Waals surface area contributed by atoms with E-state index in [1.165, 1.54) is 28.8 Å². The van der Waals surface area contributed by atoms with E-state index in [1.54, 1.807) is 0 Å². The summed E-state index contributed by atoms with van der Waals surface area (Å²) in [6, 6.07) is 3.24. The molecule has 0 aromatic heterocycles. The van der Waals surface area contributed by atoms with E-state index in [-0.39, 0.29) is 15.4 Å². The zero-order valence-corrected chi connectivity index (χ0v) is 13.8. The summed E-state index contributed by atoms with van der Waals surface area (Å²) in [6.45, 7) is 1.98. The normalized spacial score (nSPS) is 21.6. The molecule has 1 aliphatic rings. The van der Waals surface area contributed by atoms with Crippen LogP contribution in [-0.4, -0.2) is 39.1 Å². The summed E-state index contributed by atoms with van der Waals surface area (Å²) < 4.78 is 13.9. The second-order valence-electron chi connectivity index (χ2n) is 4.77. The third-order valence-electron chi connectivity index (χ3n) is 3.31. The number of amides is 1. The molecule has 0 bridgehead atoms. The van der Waals surface area contributed by atoms with Gasteiger partial charge in [-0.25, -0.2) is 9.18 Å². The van der Waals surface area contributed by atoms with Crippen LogP contribution in [0.2, 0.25) is 0 Å². The molecule has 1 N–H and O–H groups in total. The highest BCUT2D eigenvalue weighted by molar-refractivity contribution is 9.10. The fourth-order valence-electron chi connectivity index (χ4n) is 2.27. The van der Waals surface area contributed by atoms with Crippen molar-refractivity contribution in [1.29, 1.82) is 0 Å². The van der Waals surface area contributed by atoms with Crippen LogP contribution in [0.25, 0.3) is 0 Å². The molecule has 4 nitrogen and oxygen atoms in total. The summed E-state index contributed by atoms with van der Waals surface area (Å²) in [4.78, 5) is 25.3. The maximum atomic E-state index is 13.6. The standard InChI is InChI=1S/C14H15BrFNO3S/c1-2-3-12-17(11(7-21-12)14(19)20)13(18)8-4-5-9(15)10(16)6-8/h4-6,11-12H,2-3,7H2,1H3,(H,19,20). The highest BCUT2D eigenvalue weighted by Crippen LogP contribution is 2.34. The fourth-order valence-corrected chi connectivity index (χ4v) is 4.03.